The van der Waals surface area contributed by atoms with Gasteiger partial charge in [-0.1, -0.05) is 12.1 Å². The fraction of sp³-hybridized carbons (Fsp3) is 0.421. The van der Waals surface area contributed by atoms with E-state index in [0.717, 1.165) is 36.0 Å². The minimum absolute atomic E-state index is 0.162. The van der Waals surface area contributed by atoms with Crippen molar-refractivity contribution in [3.05, 3.63) is 42.6 Å². The molecule has 3 heterocycles. The van der Waals surface area contributed by atoms with Gasteiger partial charge in [0.25, 0.3) is 0 Å². The highest BCUT2D eigenvalue weighted by molar-refractivity contribution is 7.89. The van der Waals surface area contributed by atoms with Gasteiger partial charge in [0.15, 0.2) is 0 Å². The summed E-state index contributed by atoms with van der Waals surface area (Å²) in [6.45, 7) is 5.89. The topological polar surface area (TPSA) is 68.8 Å². The molecule has 1 saturated heterocycles. The van der Waals surface area contributed by atoms with Crippen LogP contribution in [0.5, 0.6) is 0 Å². The maximum absolute atomic E-state index is 12.0. The molecular formula is C19H25N5O2S. The number of pyridine rings is 1. The van der Waals surface area contributed by atoms with Gasteiger partial charge < -0.3 is 15.1 Å². The molecule has 2 aromatic rings. The fourth-order valence-corrected chi connectivity index (χ4v) is 4.74. The molecule has 7 nitrogen and oxygen atoms in total. The molecule has 1 fully saturated rings. The molecule has 0 spiro atoms. The first-order valence-corrected chi connectivity index (χ1v) is 11.0. The molecule has 0 bridgehead atoms. The summed E-state index contributed by atoms with van der Waals surface area (Å²) in [5.41, 5.74) is 3.31. The molecule has 2 aliphatic heterocycles. The average Bonchev–Trinajstić information content (AvgIpc) is 2.73. The number of hydrogen-bond acceptors (Lipinski definition) is 6. The molecule has 0 unspecified atom stereocenters. The summed E-state index contributed by atoms with van der Waals surface area (Å²) < 4.78 is 25.6. The molecule has 27 heavy (non-hydrogen) atoms. The first-order chi connectivity index (χ1) is 13.1. The van der Waals surface area contributed by atoms with Gasteiger partial charge in [-0.05, 0) is 31.2 Å². The van der Waals surface area contributed by atoms with Gasteiger partial charge in [0.05, 0.1) is 29.0 Å². The molecule has 1 N–H and O–H groups in total. The van der Waals surface area contributed by atoms with Gasteiger partial charge in [0, 0.05) is 39.3 Å². The van der Waals surface area contributed by atoms with Crippen molar-refractivity contribution in [3.8, 4) is 0 Å². The predicted molar refractivity (Wildman–Crippen MR) is 109 cm³/mol. The summed E-state index contributed by atoms with van der Waals surface area (Å²) in [6, 6.07) is 12.4. The van der Waals surface area contributed by atoms with E-state index < -0.39 is 10.0 Å². The van der Waals surface area contributed by atoms with Gasteiger partial charge in [-0.2, -0.15) is 4.31 Å². The molecule has 0 aliphatic carbocycles. The molecule has 0 radical (unpaired) electrons. The first kappa shape index (κ1) is 18.1. The van der Waals surface area contributed by atoms with Crippen molar-refractivity contribution in [2.45, 2.75) is 6.92 Å². The lowest BCUT2D eigenvalue weighted by Crippen LogP contribution is -2.49. The lowest BCUT2D eigenvalue weighted by molar-refractivity contribution is 0.385. The van der Waals surface area contributed by atoms with E-state index in [1.807, 2.05) is 24.4 Å². The average molecular weight is 388 g/mol. The third-order valence-corrected chi connectivity index (χ3v) is 7.10. The number of fused-ring (bicyclic) bond motifs is 1. The zero-order valence-electron chi connectivity index (χ0n) is 15.5. The van der Waals surface area contributed by atoms with Crippen LogP contribution in [0.1, 0.15) is 6.92 Å². The molecule has 144 valence electrons. The van der Waals surface area contributed by atoms with Crippen LogP contribution in [0.3, 0.4) is 0 Å². The summed E-state index contributed by atoms with van der Waals surface area (Å²) in [6.07, 6.45) is 1.89. The maximum atomic E-state index is 12.0. The van der Waals surface area contributed by atoms with Crippen molar-refractivity contribution in [2.75, 3.05) is 60.1 Å². The lowest BCUT2D eigenvalue weighted by Gasteiger charge is -2.35. The Bertz CT molecular complexity index is 893. The van der Waals surface area contributed by atoms with Crippen LogP contribution in [-0.4, -0.2) is 62.7 Å². The van der Waals surface area contributed by atoms with E-state index in [2.05, 4.69) is 38.3 Å². The summed E-state index contributed by atoms with van der Waals surface area (Å²) >= 11 is 0. The van der Waals surface area contributed by atoms with Crippen molar-refractivity contribution in [1.29, 1.82) is 0 Å². The molecule has 0 atom stereocenters. The highest BCUT2D eigenvalue weighted by atomic mass is 32.2. The zero-order chi connectivity index (χ0) is 18.9. The van der Waals surface area contributed by atoms with Crippen LogP contribution in [0.15, 0.2) is 42.6 Å². The normalized spacial score (nSPS) is 18.1. The van der Waals surface area contributed by atoms with Crippen LogP contribution in [0.2, 0.25) is 0 Å². The third-order valence-electron chi connectivity index (χ3n) is 5.22. The molecule has 0 saturated carbocycles. The van der Waals surface area contributed by atoms with E-state index >= 15 is 0 Å². The number of anilines is 4. The van der Waals surface area contributed by atoms with Crippen molar-refractivity contribution in [3.63, 3.8) is 0 Å². The molecular weight excluding hydrogens is 362 g/mol. The standard InChI is InChI=1S/C19H25N5O2S/c1-2-27(25,26)23-13-11-22(12-14-23)16-7-8-19(21-15-16)24-10-9-20-17-5-3-4-6-18(17)24/h3-8,15,20H,2,9-14H2,1H3. The Morgan fingerprint density at radius 2 is 1.81 bits per heavy atom. The maximum Gasteiger partial charge on any atom is 0.213 e. The highest BCUT2D eigenvalue weighted by Gasteiger charge is 2.26. The largest absolute Gasteiger partial charge is 0.382 e. The second-order valence-corrected chi connectivity index (χ2v) is 9.01. The predicted octanol–water partition coefficient (Wildman–Crippen LogP) is 2.12. The monoisotopic (exact) mass is 387 g/mol. The number of rotatable bonds is 4. The Morgan fingerprint density at radius 3 is 2.52 bits per heavy atom. The summed E-state index contributed by atoms with van der Waals surface area (Å²) in [4.78, 5) is 9.11. The lowest BCUT2D eigenvalue weighted by atomic mass is 10.2. The summed E-state index contributed by atoms with van der Waals surface area (Å²) in [5, 5.41) is 3.42. The first-order valence-electron chi connectivity index (χ1n) is 9.38. The van der Waals surface area contributed by atoms with E-state index in [1.165, 1.54) is 0 Å². The molecule has 1 aromatic heterocycles. The number of nitrogens with zero attached hydrogens (tertiary/aromatic N) is 4. The Labute approximate surface area is 160 Å². The second kappa shape index (κ2) is 7.36. The van der Waals surface area contributed by atoms with Gasteiger partial charge in [0.1, 0.15) is 5.82 Å². The number of sulfonamides is 1. The van der Waals surface area contributed by atoms with E-state index in [0.29, 0.717) is 26.2 Å². The SMILES string of the molecule is CCS(=O)(=O)N1CCN(c2ccc(N3CCNc4ccccc43)nc2)CC1. The van der Waals surface area contributed by atoms with Crippen LogP contribution in [0, 0.1) is 0 Å². The van der Waals surface area contributed by atoms with Crippen molar-refractivity contribution >= 4 is 32.9 Å². The molecule has 2 aliphatic rings. The van der Waals surface area contributed by atoms with Gasteiger partial charge in [0.2, 0.25) is 10.0 Å². The quantitative estimate of drug-likeness (QED) is 0.867. The fourth-order valence-electron chi connectivity index (χ4n) is 3.65. The van der Waals surface area contributed by atoms with Crippen LogP contribution >= 0.6 is 0 Å². The Morgan fingerprint density at radius 1 is 1.04 bits per heavy atom. The van der Waals surface area contributed by atoms with Gasteiger partial charge in [-0.15, -0.1) is 0 Å². The van der Waals surface area contributed by atoms with Crippen molar-refractivity contribution < 1.29 is 8.42 Å². The zero-order valence-corrected chi connectivity index (χ0v) is 16.3. The van der Waals surface area contributed by atoms with E-state index in [9.17, 15) is 8.42 Å². The van der Waals surface area contributed by atoms with Crippen LogP contribution < -0.4 is 15.1 Å². The van der Waals surface area contributed by atoms with Gasteiger partial charge in [-0.25, -0.2) is 13.4 Å². The molecule has 8 heteroatoms. The summed E-state index contributed by atoms with van der Waals surface area (Å²) in [7, 11) is -3.10. The smallest absolute Gasteiger partial charge is 0.213 e. The number of piperazine rings is 1. The molecule has 0 amide bonds. The number of benzene rings is 1. The van der Waals surface area contributed by atoms with Crippen LogP contribution in [-0.2, 0) is 10.0 Å². The van der Waals surface area contributed by atoms with Crippen LogP contribution in [0.25, 0.3) is 0 Å². The van der Waals surface area contributed by atoms with E-state index in [1.54, 1.807) is 11.2 Å². The Hall–Kier alpha value is -2.32. The Kier molecular flexibility index (Phi) is 4.92. The Balaban J connectivity index is 1.47. The third kappa shape index (κ3) is 3.59. The number of aromatic nitrogens is 1. The van der Waals surface area contributed by atoms with Gasteiger partial charge in [-0.3, -0.25) is 0 Å². The van der Waals surface area contributed by atoms with Crippen LogP contribution in [0.4, 0.5) is 22.9 Å². The molecule has 4 rings (SSSR count). The van der Waals surface area contributed by atoms with Gasteiger partial charge >= 0.3 is 0 Å². The number of nitrogens with one attached hydrogen (secondary N) is 1. The van der Waals surface area contributed by atoms with E-state index in [-0.39, 0.29) is 5.75 Å². The minimum atomic E-state index is -3.10. The van der Waals surface area contributed by atoms with Crippen molar-refractivity contribution in [1.82, 2.24) is 9.29 Å². The highest BCUT2D eigenvalue weighted by Crippen LogP contribution is 2.33. The van der Waals surface area contributed by atoms with Crippen molar-refractivity contribution in [2.24, 2.45) is 0 Å². The number of para-hydroxylation sites is 2. The second-order valence-electron chi connectivity index (χ2n) is 6.76. The molecule has 1 aromatic carbocycles. The minimum Gasteiger partial charge on any atom is -0.382 e. The summed E-state index contributed by atoms with van der Waals surface area (Å²) in [5.74, 6) is 1.09. The van der Waals surface area contributed by atoms with E-state index in [4.69, 9.17) is 0 Å². The number of hydrogen-bond donors (Lipinski definition) is 1.